The molecule has 0 aromatic heterocycles. The molecule has 1 saturated heterocycles. The molecule has 1 heterocycles. The fraction of sp³-hybridized carbons (Fsp3) is 1.00. The molecule has 1 unspecified atom stereocenters. The molecule has 1 aliphatic heterocycles. The summed E-state index contributed by atoms with van der Waals surface area (Å²) in [7, 11) is -1.56. The highest BCUT2D eigenvalue weighted by Gasteiger charge is 2.30. The van der Waals surface area contributed by atoms with E-state index in [4.69, 9.17) is 10.5 Å². The van der Waals surface area contributed by atoms with Gasteiger partial charge in [0.25, 0.3) is 0 Å². The Labute approximate surface area is 110 Å². The van der Waals surface area contributed by atoms with E-state index in [0.29, 0.717) is 26.1 Å². The zero-order valence-electron chi connectivity index (χ0n) is 10.3. The van der Waals surface area contributed by atoms with Gasteiger partial charge in [0, 0.05) is 32.8 Å². The molecule has 1 aliphatic rings. The Morgan fingerprint density at radius 2 is 2.12 bits per heavy atom. The largest absolute Gasteiger partial charge is 0.385 e. The van der Waals surface area contributed by atoms with Crippen LogP contribution >= 0.6 is 12.4 Å². The van der Waals surface area contributed by atoms with E-state index >= 15 is 0 Å². The molecule has 0 aromatic carbocycles. The first kappa shape index (κ1) is 17.1. The second kappa shape index (κ2) is 8.26. The lowest BCUT2D eigenvalue weighted by Gasteiger charge is -2.33. The number of halogens is 1. The standard InChI is InChI=1S/C10H22N2O3S.ClH/c1-15-7-4-8-16(13,14)12-6-3-2-5-10(12)9-11;/h10H,2-9,11H2,1H3;1H. The summed E-state index contributed by atoms with van der Waals surface area (Å²) in [4.78, 5) is 0. The molecule has 0 saturated carbocycles. The first-order valence-electron chi connectivity index (χ1n) is 5.80. The van der Waals surface area contributed by atoms with Crippen molar-refractivity contribution < 1.29 is 13.2 Å². The van der Waals surface area contributed by atoms with Gasteiger partial charge in [0.2, 0.25) is 10.0 Å². The quantitative estimate of drug-likeness (QED) is 0.725. The normalized spacial score (nSPS) is 22.1. The van der Waals surface area contributed by atoms with Gasteiger partial charge in [-0.15, -0.1) is 12.4 Å². The van der Waals surface area contributed by atoms with E-state index in [9.17, 15) is 8.42 Å². The van der Waals surface area contributed by atoms with Crippen LogP contribution < -0.4 is 5.73 Å². The highest BCUT2D eigenvalue weighted by Crippen LogP contribution is 2.20. The molecule has 0 radical (unpaired) electrons. The van der Waals surface area contributed by atoms with E-state index in [0.717, 1.165) is 19.3 Å². The summed E-state index contributed by atoms with van der Waals surface area (Å²) in [6.07, 6.45) is 3.46. The van der Waals surface area contributed by atoms with Crippen molar-refractivity contribution in [1.29, 1.82) is 0 Å². The number of ether oxygens (including phenoxy) is 1. The summed E-state index contributed by atoms with van der Waals surface area (Å²) in [5.41, 5.74) is 5.61. The summed E-state index contributed by atoms with van der Waals surface area (Å²) in [6, 6.07) is 0.00120. The summed E-state index contributed by atoms with van der Waals surface area (Å²) in [6.45, 7) is 1.53. The van der Waals surface area contributed by atoms with E-state index in [-0.39, 0.29) is 24.2 Å². The number of hydrogen-bond acceptors (Lipinski definition) is 4. The third-order valence-electron chi connectivity index (χ3n) is 2.95. The number of sulfonamides is 1. The molecule has 104 valence electrons. The van der Waals surface area contributed by atoms with E-state index < -0.39 is 10.0 Å². The second-order valence-electron chi connectivity index (χ2n) is 4.16. The van der Waals surface area contributed by atoms with Gasteiger partial charge in [-0.2, -0.15) is 4.31 Å². The Kier molecular flexibility index (Phi) is 8.32. The minimum Gasteiger partial charge on any atom is -0.385 e. The Morgan fingerprint density at radius 3 is 2.71 bits per heavy atom. The van der Waals surface area contributed by atoms with Crippen molar-refractivity contribution in [2.75, 3.05) is 32.6 Å². The van der Waals surface area contributed by atoms with Gasteiger partial charge in [-0.3, -0.25) is 0 Å². The lowest BCUT2D eigenvalue weighted by atomic mass is 10.1. The minimum absolute atomic E-state index is 0. The predicted octanol–water partition coefficient (Wildman–Crippen LogP) is 0.588. The van der Waals surface area contributed by atoms with E-state index in [1.165, 1.54) is 0 Å². The van der Waals surface area contributed by atoms with Crippen LogP contribution in [0.1, 0.15) is 25.7 Å². The van der Waals surface area contributed by atoms with E-state index in [1.54, 1.807) is 11.4 Å². The van der Waals surface area contributed by atoms with Crippen molar-refractivity contribution in [2.45, 2.75) is 31.7 Å². The van der Waals surface area contributed by atoms with Crippen LogP contribution in [-0.2, 0) is 14.8 Å². The minimum atomic E-state index is -3.14. The van der Waals surface area contributed by atoms with Crippen LogP contribution in [0.15, 0.2) is 0 Å². The molecule has 5 nitrogen and oxygen atoms in total. The summed E-state index contributed by atoms with van der Waals surface area (Å²) in [5.74, 6) is 0.164. The average molecular weight is 287 g/mol. The van der Waals surface area contributed by atoms with Crippen molar-refractivity contribution in [1.82, 2.24) is 4.31 Å². The van der Waals surface area contributed by atoms with Crippen molar-refractivity contribution >= 4 is 22.4 Å². The van der Waals surface area contributed by atoms with Crippen LogP contribution in [0.3, 0.4) is 0 Å². The molecular formula is C10H23ClN2O3S. The van der Waals surface area contributed by atoms with Crippen LogP contribution in [0.2, 0.25) is 0 Å². The maximum atomic E-state index is 12.0. The fourth-order valence-electron chi connectivity index (χ4n) is 2.08. The van der Waals surface area contributed by atoms with Crippen molar-refractivity contribution in [3.8, 4) is 0 Å². The number of nitrogens with zero attached hydrogens (tertiary/aromatic N) is 1. The highest BCUT2D eigenvalue weighted by molar-refractivity contribution is 7.89. The monoisotopic (exact) mass is 286 g/mol. The zero-order chi connectivity index (χ0) is 12.0. The molecule has 17 heavy (non-hydrogen) atoms. The molecule has 0 spiro atoms. The van der Waals surface area contributed by atoms with Crippen molar-refractivity contribution in [3.63, 3.8) is 0 Å². The van der Waals surface area contributed by atoms with Gasteiger partial charge in [-0.05, 0) is 19.3 Å². The number of nitrogens with two attached hydrogens (primary N) is 1. The Morgan fingerprint density at radius 1 is 1.41 bits per heavy atom. The number of piperidine rings is 1. The highest BCUT2D eigenvalue weighted by atomic mass is 35.5. The molecule has 1 rings (SSSR count). The van der Waals surface area contributed by atoms with Crippen LogP contribution in [-0.4, -0.2) is 51.3 Å². The van der Waals surface area contributed by atoms with Gasteiger partial charge in [0.15, 0.2) is 0 Å². The molecule has 1 atom stereocenters. The van der Waals surface area contributed by atoms with Crippen LogP contribution in [0.4, 0.5) is 0 Å². The fourth-order valence-corrected chi connectivity index (χ4v) is 3.85. The molecule has 1 fully saturated rings. The SMILES string of the molecule is COCCCS(=O)(=O)N1CCCCC1CN.Cl. The van der Waals surface area contributed by atoms with E-state index in [1.807, 2.05) is 0 Å². The lowest BCUT2D eigenvalue weighted by molar-refractivity contribution is 0.198. The van der Waals surface area contributed by atoms with Crippen LogP contribution in [0, 0.1) is 0 Å². The second-order valence-corrected chi connectivity index (χ2v) is 6.20. The number of methoxy groups -OCH3 is 1. The molecule has 7 heteroatoms. The Bertz CT molecular complexity index is 298. The van der Waals surface area contributed by atoms with Gasteiger partial charge >= 0.3 is 0 Å². The molecular weight excluding hydrogens is 264 g/mol. The summed E-state index contributed by atoms with van der Waals surface area (Å²) in [5, 5.41) is 0. The first-order chi connectivity index (χ1) is 7.61. The van der Waals surface area contributed by atoms with Crippen molar-refractivity contribution in [3.05, 3.63) is 0 Å². The molecule has 0 amide bonds. The Hall–Kier alpha value is 0.120. The third kappa shape index (κ3) is 5.09. The number of hydrogen-bond donors (Lipinski definition) is 1. The molecule has 0 aliphatic carbocycles. The van der Waals surface area contributed by atoms with Crippen LogP contribution in [0.5, 0.6) is 0 Å². The van der Waals surface area contributed by atoms with E-state index in [2.05, 4.69) is 0 Å². The van der Waals surface area contributed by atoms with Gasteiger partial charge in [-0.1, -0.05) is 6.42 Å². The van der Waals surface area contributed by atoms with Gasteiger partial charge < -0.3 is 10.5 Å². The Balaban J connectivity index is 0.00000256. The predicted molar refractivity (Wildman–Crippen MR) is 70.9 cm³/mol. The maximum absolute atomic E-state index is 12.0. The molecule has 2 N–H and O–H groups in total. The summed E-state index contributed by atoms with van der Waals surface area (Å²) >= 11 is 0. The molecule has 0 aromatic rings. The smallest absolute Gasteiger partial charge is 0.214 e. The number of rotatable bonds is 6. The third-order valence-corrected chi connectivity index (χ3v) is 4.95. The zero-order valence-corrected chi connectivity index (χ0v) is 11.9. The lowest BCUT2D eigenvalue weighted by Crippen LogP contribution is -2.48. The van der Waals surface area contributed by atoms with Gasteiger partial charge in [0.1, 0.15) is 0 Å². The maximum Gasteiger partial charge on any atom is 0.214 e. The van der Waals surface area contributed by atoms with Gasteiger partial charge in [0.05, 0.1) is 5.75 Å². The molecule has 0 bridgehead atoms. The summed E-state index contributed by atoms with van der Waals surface area (Å²) < 4.78 is 30.5. The topological polar surface area (TPSA) is 72.6 Å². The first-order valence-corrected chi connectivity index (χ1v) is 7.41. The average Bonchev–Trinajstić information content (AvgIpc) is 2.29. The van der Waals surface area contributed by atoms with Gasteiger partial charge in [-0.25, -0.2) is 8.42 Å². The van der Waals surface area contributed by atoms with Crippen molar-refractivity contribution in [2.24, 2.45) is 5.73 Å². The van der Waals surface area contributed by atoms with Crippen LogP contribution in [0.25, 0.3) is 0 Å².